The standard InChI is InChI=1S/C24H24N2O5S/c1-30-21-9-7-15(12-22(21)31-2)18-5-3-4-14(18)10-17(13-27)23(24(28)29)16-6-8-19-20(11-16)26-32-25-19/h6-9,11-14,18H,3-5,10H2,1-2H3,(H,28,29). The number of carboxylic acid groups (broad SMARTS) is 1. The summed E-state index contributed by atoms with van der Waals surface area (Å²) in [4.78, 5) is 24.2. The zero-order valence-corrected chi connectivity index (χ0v) is 18.7. The van der Waals surface area contributed by atoms with Crippen LogP contribution in [0.25, 0.3) is 16.6 Å². The van der Waals surface area contributed by atoms with E-state index in [0.717, 1.165) is 36.6 Å². The largest absolute Gasteiger partial charge is 0.493 e. The van der Waals surface area contributed by atoms with Crippen molar-refractivity contribution in [3.05, 3.63) is 53.1 Å². The smallest absolute Gasteiger partial charge is 0.336 e. The number of ether oxygens (including phenoxy) is 2. The summed E-state index contributed by atoms with van der Waals surface area (Å²) in [6, 6.07) is 11.0. The average molecular weight is 453 g/mol. The number of nitrogens with zero attached hydrogens (tertiary/aromatic N) is 2. The van der Waals surface area contributed by atoms with Crippen LogP contribution >= 0.6 is 11.7 Å². The molecule has 4 rings (SSSR count). The number of hydrogen-bond donors (Lipinski definition) is 1. The first-order valence-corrected chi connectivity index (χ1v) is 11.1. The summed E-state index contributed by atoms with van der Waals surface area (Å²) in [5.74, 6) is 0.588. The van der Waals surface area contributed by atoms with Gasteiger partial charge in [0.15, 0.2) is 11.5 Å². The molecule has 7 nitrogen and oxygen atoms in total. The highest BCUT2D eigenvalue weighted by molar-refractivity contribution is 7.00. The van der Waals surface area contributed by atoms with E-state index in [1.54, 1.807) is 32.4 Å². The van der Waals surface area contributed by atoms with Crippen LogP contribution in [0.5, 0.6) is 11.5 Å². The number of carboxylic acids is 1. The Bertz CT molecular complexity index is 1190. The molecule has 1 aliphatic carbocycles. The third-order valence-electron chi connectivity index (χ3n) is 6.20. The molecule has 1 saturated carbocycles. The third kappa shape index (κ3) is 4.23. The van der Waals surface area contributed by atoms with Crippen LogP contribution in [0, 0.1) is 5.92 Å². The molecule has 0 radical (unpaired) electrons. The molecule has 1 fully saturated rings. The number of carbonyl (C=O) groups excluding carboxylic acids is 1. The van der Waals surface area contributed by atoms with E-state index < -0.39 is 5.97 Å². The van der Waals surface area contributed by atoms with E-state index in [2.05, 4.69) is 8.75 Å². The molecule has 1 aromatic heterocycles. The lowest BCUT2D eigenvalue weighted by molar-refractivity contribution is -0.130. The molecule has 3 aromatic rings. The van der Waals surface area contributed by atoms with Gasteiger partial charge in [-0.15, -0.1) is 0 Å². The molecule has 2 atom stereocenters. The van der Waals surface area contributed by atoms with Crippen molar-refractivity contribution in [2.75, 3.05) is 14.2 Å². The average Bonchev–Trinajstić information content (AvgIpc) is 3.46. The number of aliphatic carboxylic acids is 1. The van der Waals surface area contributed by atoms with E-state index in [1.807, 2.05) is 18.2 Å². The maximum atomic E-state index is 12.2. The number of aromatic nitrogens is 2. The quantitative estimate of drug-likeness (QED) is 0.390. The Morgan fingerprint density at radius 3 is 2.59 bits per heavy atom. The molecule has 166 valence electrons. The SMILES string of the molecule is COc1ccc(C2CCCC2CC(C=O)=C(C(=O)O)c2ccc3nsnc3c2)cc1OC. The lowest BCUT2D eigenvalue weighted by Gasteiger charge is -2.22. The Morgan fingerprint density at radius 2 is 1.88 bits per heavy atom. The minimum Gasteiger partial charge on any atom is -0.493 e. The fourth-order valence-electron chi connectivity index (χ4n) is 4.68. The van der Waals surface area contributed by atoms with Crippen molar-refractivity contribution in [1.82, 2.24) is 8.75 Å². The van der Waals surface area contributed by atoms with Crippen molar-refractivity contribution in [3.8, 4) is 11.5 Å². The van der Waals surface area contributed by atoms with Gasteiger partial charge < -0.3 is 14.6 Å². The first-order chi connectivity index (χ1) is 15.5. The second kappa shape index (κ2) is 9.48. The molecule has 0 saturated heterocycles. The molecule has 2 unspecified atom stereocenters. The highest BCUT2D eigenvalue weighted by Crippen LogP contribution is 2.45. The first kappa shape index (κ1) is 22.0. The Labute approximate surface area is 190 Å². The summed E-state index contributed by atoms with van der Waals surface area (Å²) in [6.45, 7) is 0. The van der Waals surface area contributed by atoms with E-state index in [9.17, 15) is 14.7 Å². The van der Waals surface area contributed by atoms with Crippen LogP contribution < -0.4 is 9.47 Å². The van der Waals surface area contributed by atoms with Crippen LogP contribution in [0.2, 0.25) is 0 Å². The fourth-order valence-corrected chi connectivity index (χ4v) is 5.20. The highest BCUT2D eigenvalue weighted by atomic mass is 32.1. The molecule has 8 heteroatoms. The van der Waals surface area contributed by atoms with Gasteiger partial charge in [0.1, 0.15) is 17.3 Å². The molecule has 0 spiro atoms. The summed E-state index contributed by atoms with van der Waals surface area (Å²) in [5, 5.41) is 9.95. The topological polar surface area (TPSA) is 98.6 Å². The van der Waals surface area contributed by atoms with Crippen LogP contribution in [0.15, 0.2) is 42.0 Å². The van der Waals surface area contributed by atoms with Crippen molar-refractivity contribution in [2.45, 2.75) is 31.6 Å². The minimum absolute atomic E-state index is 0.0351. The molecule has 1 N–H and O–H groups in total. The molecule has 32 heavy (non-hydrogen) atoms. The number of allylic oxidation sites excluding steroid dienone is 1. The van der Waals surface area contributed by atoms with Gasteiger partial charge in [0, 0.05) is 5.57 Å². The molecule has 0 amide bonds. The summed E-state index contributed by atoms with van der Waals surface area (Å²) in [6.07, 6.45) is 4.02. The Morgan fingerprint density at radius 1 is 1.09 bits per heavy atom. The fraction of sp³-hybridized carbons (Fsp3) is 0.333. The van der Waals surface area contributed by atoms with Crippen LogP contribution in [0.1, 0.15) is 42.7 Å². The van der Waals surface area contributed by atoms with E-state index >= 15 is 0 Å². The van der Waals surface area contributed by atoms with Gasteiger partial charge in [-0.2, -0.15) is 8.75 Å². The first-order valence-electron chi connectivity index (χ1n) is 10.4. The van der Waals surface area contributed by atoms with Crippen LogP contribution in [0.4, 0.5) is 0 Å². The lowest BCUT2D eigenvalue weighted by Crippen LogP contribution is -2.12. The second-order valence-corrected chi connectivity index (χ2v) is 8.44. The summed E-state index contributed by atoms with van der Waals surface area (Å²) in [5.41, 5.74) is 3.26. The van der Waals surface area contributed by atoms with Gasteiger partial charge in [-0.1, -0.05) is 18.6 Å². The predicted octanol–water partition coefficient (Wildman–Crippen LogP) is 4.72. The summed E-state index contributed by atoms with van der Waals surface area (Å²) < 4.78 is 19.1. The van der Waals surface area contributed by atoms with Crippen molar-refractivity contribution in [1.29, 1.82) is 0 Å². The van der Waals surface area contributed by atoms with Gasteiger partial charge in [0.05, 0.1) is 31.5 Å². The third-order valence-corrected chi connectivity index (χ3v) is 6.75. The Hall–Kier alpha value is -3.26. The molecule has 0 bridgehead atoms. The number of hydrogen-bond acceptors (Lipinski definition) is 7. The van der Waals surface area contributed by atoms with Crippen molar-refractivity contribution in [3.63, 3.8) is 0 Å². The molecule has 0 aliphatic heterocycles. The van der Waals surface area contributed by atoms with Gasteiger partial charge in [-0.05, 0) is 66.5 Å². The van der Waals surface area contributed by atoms with E-state index in [0.29, 0.717) is 46.4 Å². The van der Waals surface area contributed by atoms with Crippen LogP contribution in [0.3, 0.4) is 0 Å². The van der Waals surface area contributed by atoms with Gasteiger partial charge in [0.25, 0.3) is 0 Å². The molecular weight excluding hydrogens is 428 g/mol. The van der Waals surface area contributed by atoms with Gasteiger partial charge in [-0.25, -0.2) is 4.79 Å². The zero-order valence-electron chi connectivity index (χ0n) is 17.9. The number of methoxy groups -OCH3 is 2. The Kier molecular flexibility index (Phi) is 6.50. The van der Waals surface area contributed by atoms with Crippen molar-refractivity contribution < 1.29 is 24.2 Å². The number of benzene rings is 2. The number of carbonyl (C=O) groups is 2. The summed E-state index contributed by atoms with van der Waals surface area (Å²) in [7, 11) is 3.21. The van der Waals surface area contributed by atoms with Crippen LogP contribution in [-0.4, -0.2) is 40.3 Å². The normalized spacial score (nSPS) is 18.9. The Balaban J connectivity index is 1.68. The zero-order chi connectivity index (χ0) is 22.7. The predicted molar refractivity (Wildman–Crippen MR) is 122 cm³/mol. The number of fused-ring (bicyclic) bond motifs is 1. The maximum Gasteiger partial charge on any atom is 0.336 e. The number of rotatable bonds is 8. The number of aldehydes is 1. The molecule has 1 aliphatic rings. The molecule has 1 heterocycles. The second-order valence-electron chi connectivity index (χ2n) is 7.91. The maximum absolute atomic E-state index is 12.2. The summed E-state index contributed by atoms with van der Waals surface area (Å²) >= 11 is 1.07. The van der Waals surface area contributed by atoms with Crippen LogP contribution in [-0.2, 0) is 9.59 Å². The highest BCUT2D eigenvalue weighted by Gasteiger charge is 2.31. The van der Waals surface area contributed by atoms with E-state index in [-0.39, 0.29) is 17.4 Å². The minimum atomic E-state index is -1.12. The van der Waals surface area contributed by atoms with Gasteiger partial charge >= 0.3 is 5.97 Å². The van der Waals surface area contributed by atoms with Crippen molar-refractivity contribution in [2.24, 2.45) is 5.92 Å². The van der Waals surface area contributed by atoms with Crippen molar-refractivity contribution >= 4 is 40.6 Å². The van der Waals surface area contributed by atoms with E-state index in [4.69, 9.17) is 9.47 Å². The van der Waals surface area contributed by atoms with Gasteiger partial charge in [-0.3, -0.25) is 4.79 Å². The monoisotopic (exact) mass is 452 g/mol. The van der Waals surface area contributed by atoms with E-state index in [1.165, 1.54) is 0 Å². The molecular formula is C24H24N2O5S. The lowest BCUT2D eigenvalue weighted by atomic mass is 9.83. The molecule has 2 aromatic carbocycles. The van der Waals surface area contributed by atoms with Gasteiger partial charge in [0.2, 0.25) is 0 Å².